The van der Waals surface area contributed by atoms with Crippen LogP contribution in [-0.4, -0.2) is 11.9 Å². The first kappa shape index (κ1) is 25.8. The second-order valence-corrected chi connectivity index (χ2v) is 10.7. The molecule has 2 saturated carbocycles. The van der Waals surface area contributed by atoms with Crippen LogP contribution in [0.15, 0.2) is 72.8 Å². The minimum atomic E-state index is -0.191. The van der Waals surface area contributed by atoms with Crippen molar-refractivity contribution in [3.63, 3.8) is 0 Å². The van der Waals surface area contributed by atoms with E-state index in [4.69, 9.17) is 20.9 Å². The van der Waals surface area contributed by atoms with Gasteiger partial charge in [-0.1, -0.05) is 24.3 Å². The lowest BCUT2D eigenvalue weighted by Crippen LogP contribution is -2.25. The molecule has 2 fully saturated rings. The number of carbonyl (C=O) groups is 2. The molecule has 0 heterocycles. The van der Waals surface area contributed by atoms with Gasteiger partial charge in [0.25, 0.3) is 0 Å². The molecule has 3 aromatic carbocycles. The molecule has 0 unspecified atom stereocenters. The smallest absolute Gasteiger partial charge is 0.314 e. The molecule has 0 aromatic heterocycles. The van der Waals surface area contributed by atoms with Crippen molar-refractivity contribution in [2.45, 2.75) is 63.2 Å². The number of rotatable bonds is 6. The van der Waals surface area contributed by atoms with Crippen molar-refractivity contribution in [3.05, 3.63) is 83.9 Å². The topological polar surface area (TPSA) is 105 Å². The molecule has 2 aliphatic rings. The number of hydrogen-bond donors (Lipinski definition) is 2. The zero-order chi connectivity index (χ0) is 26.5. The van der Waals surface area contributed by atoms with E-state index >= 15 is 0 Å². The average molecular weight is 513 g/mol. The van der Waals surface area contributed by atoms with E-state index in [1.807, 2.05) is 24.3 Å². The molecule has 4 N–H and O–H groups in total. The Morgan fingerprint density at radius 1 is 0.500 bits per heavy atom. The van der Waals surface area contributed by atoms with Crippen LogP contribution in [0.2, 0.25) is 0 Å². The first-order chi connectivity index (χ1) is 18.4. The highest BCUT2D eigenvalue weighted by Gasteiger charge is 2.30. The van der Waals surface area contributed by atoms with Crippen LogP contribution in [0.5, 0.6) is 11.5 Å². The summed E-state index contributed by atoms with van der Waals surface area (Å²) in [4.78, 5) is 25.5. The van der Waals surface area contributed by atoms with Gasteiger partial charge in [-0.2, -0.15) is 0 Å². The lowest BCUT2D eigenvalue weighted by molar-refractivity contribution is -0.141. The highest BCUT2D eigenvalue weighted by atomic mass is 16.5. The molecule has 6 nitrogen and oxygen atoms in total. The number of ether oxygens (including phenoxy) is 2. The Labute approximate surface area is 224 Å². The van der Waals surface area contributed by atoms with Crippen molar-refractivity contribution in [2.75, 3.05) is 11.5 Å². The normalized spacial score (nSPS) is 23.4. The first-order valence-corrected chi connectivity index (χ1v) is 13.7. The third kappa shape index (κ3) is 6.36. The quantitative estimate of drug-likeness (QED) is 0.219. The molecular formula is C32H36N2O4. The molecule has 5 rings (SSSR count). The maximum absolute atomic E-state index is 12.7. The van der Waals surface area contributed by atoms with Crippen LogP contribution in [0.4, 0.5) is 11.4 Å². The third-order valence-corrected chi connectivity index (χ3v) is 8.20. The van der Waals surface area contributed by atoms with Crippen molar-refractivity contribution in [1.82, 2.24) is 0 Å². The molecule has 38 heavy (non-hydrogen) atoms. The summed E-state index contributed by atoms with van der Waals surface area (Å²) in [6.45, 7) is 0. The summed E-state index contributed by atoms with van der Waals surface area (Å²) in [5, 5.41) is 0. The van der Waals surface area contributed by atoms with E-state index in [1.54, 1.807) is 24.3 Å². The van der Waals surface area contributed by atoms with Gasteiger partial charge < -0.3 is 20.9 Å². The summed E-state index contributed by atoms with van der Waals surface area (Å²) in [6, 6.07) is 22.8. The largest absolute Gasteiger partial charge is 0.426 e. The van der Waals surface area contributed by atoms with Gasteiger partial charge in [-0.15, -0.1) is 0 Å². The van der Waals surface area contributed by atoms with E-state index < -0.39 is 0 Å². The van der Waals surface area contributed by atoms with Gasteiger partial charge in [-0.3, -0.25) is 9.59 Å². The van der Waals surface area contributed by atoms with Crippen LogP contribution in [0.3, 0.4) is 0 Å². The van der Waals surface area contributed by atoms with Gasteiger partial charge in [-0.25, -0.2) is 0 Å². The molecule has 198 valence electrons. The number of carbonyl (C=O) groups excluding carboxylic acids is 2. The zero-order valence-corrected chi connectivity index (χ0v) is 21.7. The Kier molecular flexibility index (Phi) is 7.97. The fraction of sp³-hybridized carbons (Fsp3) is 0.375. The average Bonchev–Trinajstić information content (AvgIpc) is 2.95. The maximum atomic E-state index is 12.7. The van der Waals surface area contributed by atoms with Gasteiger partial charge in [-0.05, 0) is 123 Å². The van der Waals surface area contributed by atoms with Crippen LogP contribution in [0, 0.1) is 11.8 Å². The number of hydrogen-bond acceptors (Lipinski definition) is 6. The fourth-order valence-corrected chi connectivity index (χ4v) is 5.84. The van der Waals surface area contributed by atoms with Gasteiger partial charge in [0.05, 0.1) is 11.8 Å². The van der Waals surface area contributed by atoms with Gasteiger partial charge in [0.15, 0.2) is 0 Å². The Morgan fingerprint density at radius 3 is 1.13 bits per heavy atom. The SMILES string of the molecule is Nc1ccc(C2CCC(C(=O)Oc3ccc(OC(=O)C4CCC(c5ccc(N)cc5)CC4)cc3)CC2)cc1. The molecule has 2 aliphatic carbocycles. The molecule has 0 aliphatic heterocycles. The van der Waals surface area contributed by atoms with Gasteiger partial charge >= 0.3 is 11.9 Å². The number of benzene rings is 3. The Bertz CT molecular complexity index is 1120. The fourth-order valence-electron chi connectivity index (χ4n) is 5.84. The second-order valence-electron chi connectivity index (χ2n) is 10.7. The molecular weight excluding hydrogens is 476 g/mol. The molecule has 0 saturated heterocycles. The van der Waals surface area contributed by atoms with Gasteiger partial charge in [0.2, 0.25) is 0 Å². The van der Waals surface area contributed by atoms with Crippen molar-refractivity contribution in [2.24, 2.45) is 11.8 Å². The lowest BCUT2D eigenvalue weighted by atomic mass is 9.78. The van der Waals surface area contributed by atoms with E-state index in [2.05, 4.69) is 24.3 Å². The minimum absolute atomic E-state index is 0.0964. The molecule has 0 amide bonds. The zero-order valence-electron chi connectivity index (χ0n) is 21.7. The van der Waals surface area contributed by atoms with Gasteiger partial charge in [0.1, 0.15) is 11.5 Å². The summed E-state index contributed by atoms with van der Waals surface area (Å²) < 4.78 is 11.3. The second kappa shape index (κ2) is 11.7. The van der Waals surface area contributed by atoms with E-state index in [9.17, 15) is 9.59 Å². The van der Waals surface area contributed by atoms with Gasteiger partial charge in [0, 0.05) is 11.4 Å². The summed E-state index contributed by atoms with van der Waals surface area (Å²) in [5.74, 6) is 1.29. The number of esters is 2. The molecule has 3 aromatic rings. The molecule has 0 bridgehead atoms. The molecule has 0 radical (unpaired) electrons. The standard InChI is InChI=1S/C32H36N2O4/c33-27-13-9-23(10-14-27)21-1-5-25(6-2-21)31(35)37-29-17-19-30(20-18-29)38-32(36)26-7-3-22(4-8-26)24-11-15-28(34)16-12-24/h9-22,25-26H,1-8,33-34H2. The minimum Gasteiger partial charge on any atom is -0.426 e. The van der Waals surface area contributed by atoms with E-state index in [0.29, 0.717) is 23.3 Å². The van der Waals surface area contributed by atoms with Crippen molar-refractivity contribution in [1.29, 1.82) is 0 Å². The Hall–Kier alpha value is -3.80. The maximum Gasteiger partial charge on any atom is 0.314 e. The van der Waals surface area contributed by atoms with Crippen LogP contribution in [-0.2, 0) is 9.59 Å². The van der Waals surface area contributed by atoms with E-state index in [1.165, 1.54) is 11.1 Å². The van der Waals surface area contributed by atoms with Crippen LogP contribution in [0.1, 0.15) is 74.3 Å². The van der Waals surface area contributed by atoms with Crippen molar-refractivity contribution in [3.8, 4) is 11.5 Å². The molecule has 0 spiro atoms. The third-order valence-electron chi connectivity index (χ3n) is 8.20. The molecule has 6 heteroatoms. The van der Waals surface area contributed by atoms with Crippen molar-refractivity contribution >= 4 is 23.3 Å². The number of nitrogen functional groups attached to an aromatic ring is 2. The van der Waals surface area contributed by atoms with Crippen LogP contribution in [0.25, 0.3) is 0 Å². The van der Waals surface area contributed by atoms with Crippen LogP contribution >= 0.6 is 0 Å². The van der Waals surface area contributed by atoms with E-state index in [0.717, 1.165) is 62.7 Å². The predicted molar refractivity (Wildman–Crippen MR) is 149 cm³/mol. The Morgan fingerprint density at radius 2 is 0.816 bits per heavy atom. The highest BCUT2D eigenvalue weighted by Crippen LogP contribution is 2.38. The monoisotopic (exact) mass is 512 g/mol. The summed E-state index contributed by atoms with van der Waals surface area (Å²) in [5.41, 5.74) is 15.7. The summed E-state index contributed by atoms with van der Waals surface area (Å²) >= 11 is 0. The summed E-state index contributed by atoms with van der Waals surface area (Å²) in [6.07, 6.45) is 7.07. The van der Waals surface area contributed by atoms with Crippen molar-refractivity contribution < 1.29 is 19.1 Å². The molecule has 0 atom stereocenters. The number of nitrogens with two attached hydrogens (primary N) is 2. The first-order valence-electron chi connectivity index (χ1n) is 13.7. The lowest BCUT2D eigenvalue weighted by Gasteiger charge is -2.27. The number of anilines is 2. The Balaban J connectivity index is 1.06. The van der Waals surface area contributed by atoms with Crippen LogP contribution < -0.4 is 20.9 Å². The highest BCUT2D eigenvalue weighted by molar-refractivity contribution is 5.76. The van der Waals surface area contributed by atoms with E-state index in [-0.39, 0.29) is 23.8 Å². The predicted octanol–water partition coefficient (Wildman–Crippen LogP) is 6.61. The summed E-state index contributed by atoms with van der Waals surface area (Å²) in [7, 11) is 0.